The van der Waals surface area contributed by atoms with Gasteiger partial charge in [0.05, 0.1) is 11.8 Å². The largest absolute Gasteiger partial charge is 0.411 e. The molecular weight excluding hydrogens is 140 g/mol. The van der Waals surface area contributed by atoms with E-state index >= 15 is 0 Å². The van der Waals surface area contributed by atoms with Crippen molar-refractivity contribution in [3.63, 3.8) is 0 Å². The number of oxime groups is 1. The molecule has 0 amide bonds. The Balaban J connectivity index is 3.80. The second-order valence-electron chi connectivity index (χ2n) is 2.16. The minimum Gasteiger partial charge on any atom is -0.411 e. The molecule has 0 fully saturated rings. The summed E-state index contributed by atoms with van der Waals surface area (Å²) in [5, 5.41) is 19.6. The molecule has 0 aromatic heterocycles. The molecule has 0 rings (SSSR count). The van der Waals surface area contributed by atoms with Crippen molar-refractivity contribution in [3.8, 4) is 6.07 Å². The summed E-state index contributed by atoms with van der Waals surface area (Å²) in [6.07, 6.45) is 5.60. The molecule has 3 nitrogen and oxygen atoms in total. The van der Waals surface area contributed by atoms with Crippen LogP contribution in [0.15, 0.2) is 17.3 Å². The van der Waals surface area contributed by atoms with E-state index in [1.165, 1.54) is 12.2 Å². The molecule has 60 valence electrons. The minimum absolute atomic E-state index is 0.563. The summed E-state index contributed by atoms with van der Waals surface area (Å²) in [4.78, 5) is 0. The van der Waals surface area contributed by atoms with Crippen LogP contribution in [0.4, 0.5) is 0 Å². The number of hydrogen-bond donors (Lipinski definition) is 1. The molecule has 0 aromatic carbocycles. The van der Waals surface area contributed by atoms with Gasteiger partial charge in [-0.25, -0.2) is 0 Å². The third-order valence-corrected chi connectivity index (χ3v) is 1.27. The van der Waals surface area contributed by atoms with Gasteiger partial charge in [0, 0.05) is 6.08 Å². The first-order valence-electron chi connectivity index (χ1n) is 3.62. The van der Waals surface area contributed by atoms with Crippen LogP contribution >= 0.6 is 0 Å². The van der Waals surface area contributed by atoms with Crippen molar-refractivity contribution in [2.24, 2.45) is 5.16 Å². The van der Waals surface area contributed by atoms with Crippen LogP contribution in [0.3, 0.4) is 0 Å². The van der Waals surface area contributed by atoms with Gasteiger partial charge in [0.1, 0.15) is 0 Å². The number of nitrogens with zero attached hydrogens (tertiary/aromatic N) is 2. The fourth-order valence-electron chi connectivity index (χ4n) is 0.658. The van der Waals surface area contributed by atoms with Crippen molar-refractivity contribution in [3.05, 3.63) is 12.2 Å². The lowest BCUT2D eigenvalue weighted by atomic mass is 10.2. The minimum atomic E-state index is 0.563. The van der Waals surface area contributed by atoms with Crippen LogP contribution in [0.25, 0.3) is 0 Å². The topological polar surface area (TPSA) is 56.4 Å². The molecule has 3 heteroatoms. The molecule has 1 N–H and O–H groups in total. The van der Waals surface area contributed by atoms with Crippen molar-refractivity contribution in [1.82, 2.24) is 0 Å². The summed E-state index contributed by atoms with van der Waals surface area (Å²) in [5.41, 5.74) is 0.563. The SMILES string of the molecule is CCCCC(/C=C/C#N)=N\O. The average Bonchev–Trinajstić information content (AvgIpc) is 2.05. The predicted molar refractivity (Wildman–Crippen MR) is 43.5 cm³/mol. The highest BCUT2D eigenvalue weighted by molar-refractivity contribution is 5.94. The smallest absolute Gasteiger partial charge is 0.0912 e. The van der Waals surface area contributed by atoms with Gasteiger partial charge in [-0.15, -0.1) is 0 Å². The quantitative estimate of drug-likeness (QED) is 0.290. The number of rotatable bonds is 4. The van der Waals surface area contributed by atoms with Crippen LogP contribution in [0.5, 0.6) is 0 Å². The summed E-state index contributed by atoms with van der Waals surface area (Å²) in [5.74, 6) is 0. The third-order valence-electron chi connectivity index (χ3n) is 1.27. The van der Waals surface area contributed by atoms with Crippen LogP contribution in [0, 0.1) is 11.3 Å². The first-order chi connectivity index (χ1) is 5.35. The predicted octanol–water partition coefficient (Wildman–Crippen LogP) is 2.09. The van der Waals surface area contributed by atoms with Gasteiger partial charge in [-0.05, 0) is 18.9 Å². The highest BCUT2D eigenvalue weighted by Gasteiger charge is 1.92. The van der Waals surface area contributed by atoms with E-state index in [0.717, 1.165) is 19.3 Å². The summed E-state index contributed by atoms with van der Waals surface area (Å²) in [7, 11) is 0. The van der Waals surface area contributed by atoms with Gasteiger partial charge in [0.25, 0.3) is 0 Å². The fraction of sp³-hybridized carbons (Fsp3) is 0.500. The molecular formula is C8H12N2O. The summed E-state index contributed by atoms with van der Waals surface area (Å²) in [6, 6.07) is 1.84. The van der Waals surface area contributed by atoms with Crippen molar-refractivity contribution in [2.75, 3.05) is 0 Å². The number of allylic oxidation sites excluding steroid dienone is 2. The highest BCUT2D eigenvalue weighted by Crippen LogP contribution is 1.97. The molecule has 0 aliphatic rings. The Labute approximate surface area is 66.6 Å². The average molecular weight is 152 g/mol. The molecule has 0 heterocycles. The van der Waals surface area contributed by atoms with Crippen LogP contribution in [0.2, 0.25) is 0 Å². The molecule has 0 unspecified atom stereocenters. The van der Waals surface area contributed by atoms with Gasteiger partial charge in [0.15, 0.2) is 0 Å². The molecule has 0 atom stereocenters. The van der Waals surface area contributed by atoms with Crippen molar-refractivity contribution >= 4 is 5.71 Å². The lowest BCUT2D eigenvalue weighted by molar-refractivity contribution is 0.318. The Morgan fingerprint density at radius 3 is 2.91 bits per heavy atom. The van der Waals surface area contributed by atoms with Crippen molar-refractivity contribution in [1.29, 1.82) is 5.26 Å². The Morgan fingerprint density at radius 2 is 2.45 bits per heavy atom. The van der Waals surface area contributed by atoms with E-state index in [0.29, 0.717) is 5.71 Å². The van der Waals surface area contributed by atoms with Gasteiger partial charge < -0.3 is 5.21 Å². The molecule has 11 heavy (non-hydrogen) atoms. The molecule has 0 aromatic rings. The van der Waals surface area contributed by atoms with E-state index < -0.39 is 0 Å². The second kappa shape index (κ2) is 6.81. The van der Waals surface area contributed by atoms with E-state index in [1.54, 1.807) is 0 Å². The second-order valence-corrected chi connectivity index (χ2v) is 2.16. The van der Waals surface area contributed by atoms with Crippen molar-refractivity contribution in [2.45, 2.75) is 26.2 Å². The Hall–Kier alpha value is -1.30. The lowest BCUT2D eigenvalue weighted by Crippen LogP contribution is -1.92. The standard InChI is InChI=1S/C8H12N2O/c1-2-3-5-8(10-11)6-4-7-9/h4,6,11H,2-3,5H2,1H3/b6-4+,10-8+. The van der Waals surface area contributed by atoms with Crippen LogP contribution in [-0.2, 0) is 0 Å². The van der Waals surface area contributed by atoms with Gasteiger partial charge in [-0.2, -0.15) is 5.26 Å². The number of hydrogen-bond acceptors (Lipinski definition) is 3. The Bertz CT molecular complexity index is 189. The van der Waals surface area contributed by atoms with Gasteiger partial charge in [-0.1, -0.05) is 18.5 Å². The van der Waals surface area contributed by atoms with E-state index in [9.17, 15) is 0 Å². The number of nitriles is 1. The maximum atomic E-state index is 8.41. The Morgan fingerprint density at radius 1 is 1.73 bits per heavy atom. The zero-order chi connectivity index (χ0) is 8.53. The molecule has 0 bridgehead atoms. The van der Waals surface area contributed by atoms with Crippen molar-refractivity contribution < 1.29 is 5.21 Å². The summed E-state index contributed by atoms with van der Waals surface area (Å²) in [6.45, 7) is 2.06. The molecule has 0 saturated heterocycles. The van der Waals surface area contributed by atoms with Crippen LogP contribution in [-0.4, -0.2) is 10.9 Å². The molecule has 0 spiro atoms. The number of unbranched alkanes of at least 4 members (excludes halogenated alkanes) is 1. The first kappa shape index (κ1) is 9.70. The summed E-state index contributed by atoms with van der Waals surface area (Å²) < 4.78 is 0. The fourth-order valence-corrected chi connectivity index (χ4v) is 0.658. The maximum absolute atomic E-state index is 8.41. The third kappa shape index (κ3) is 5.16. The highest BCUT2D eigenvalue weighted by atomic mass is 16.4. The van der Waals surface area contributed by atoms with E-state index in [2.05, 4.69) is 12.1 Å². The molecule has 0 aliphatic heterocycles. The Kier molecular flexibility index (Phi) is 6.01. The zero-order valence-electron chi connectivity index (χ0n) is 6.62. The zero-order valence-corrected chi connectivity index (χ0v) is 6.62. The maximum Gasteiger partial charge on any atom is 0.0912 e. The van der Waals surface area contributed by atoms with Gasteiger partial charge in [-0.3, -0.25) is 0 Å². The van der Waals surface area contributed by atoms with E-state index in [1.807, 2.05) is 6.07 Å². The van der Waals surface area contributed by atoms with Gasteiger partial charge >= 0.3 is 0 Å². The van der Waals surface area contributed by atoms with Crippen LogP contribution < -0.4 is 0 Å². The molecule has 0 saturated carbocycles. The van der Waals surface area contributed by atoms with Gasteiger partial charge in [0.2, 0.25) is 0 Å². The monoisotopic (exact) mass is 152 g/mol. The first-order valence-corrected chi connectivity index (χ1v) is 3.62. The summed E-state index contributed by atoms with van der Waals surface area (Å²) >= 11 is 0. The van der Waals surface area contributed by atoms with Crippen LogP contribution in [0.1, 0.15) is 26.2 Å². The lowest BCUT2D eigenvalue weighted by Gasteiger charge is -1.93. The molecule has 0 aliphatic carbocycles. The van der Waals surface area contributed by atoms with E-state index in [4.69, 9.17) is 10.5 Å². The normalized spacial score (nSPS) is 11.8. The van der Waals surface area contributed by atoms with E-state index in [-0.39, 0.29) is 0 Å². The molecule has 0 radical (unpaired) electrons.